The van der Waals surface area contributed by atoms with Gasteiger partial charge in [0.25, 0.3) is 0 Å². The molecule has 1 aromatic rings. The normalized spacial score (nSPS) is 22.8. The Kier molecular flexibility index (Phi) is 6.25. The first-order valence-corrected chi connectivity index (χ1v) is 8.72. The summed E-state index contributed by atoms with van der Waals surface area (Å²) in [6.07, 6.45) is 6.02. The predicted molar refractivity (Wildman–Crippen MR) is 89.3 cm³/mol. The minimum atomic E-state index is 0.570. The summed E-state index contributed by atoms with van der Waals surface area (Å²) in [6.45, 7) is 3.74. The molecule has 3 nitrogen and oxygen atoms in total. The van der Waals surface area contributed by atoms with Gasteiger partial charge in [0.1, 0.15) is 0 Å². The Hall–Kier alpha value is -1.16. The van der Waals surface area contributed by atoms with E-state index in [-0.39, 0.29) is 0 Å². The molecule has 2 rings (SSSR count). The number of nitrogens with one attached hydrogen (secondary N) is 2. The maximum Gasteiger partial charge on any atom is 0.191 e. The third-order valence-corrected chi connectivity index (χ3v) is 4.76. The minimum absolute atomic E-state index is 0.570. The van der Waals surface area contributed by atoms with Crippen LogP contribution in [0.2, 0.25) is 0 Å². The van der Waals surface area contributed by atoms with Gasteiger partial charge in [0.05, 0.1) is 6.54 Å². The number of hydrogen-bond donors (Lipinski definition) is 2. The van der Waals surface area contributed by atoms with E-state index >= 15 is 0 Å². The fraction of sp³-hybridized carbons (Fsp3) is 0.562. The Morgan fingerprint density at radius 2 is 2.10 bits per heavy atom. The Balaban J connectivity index is 1.89. The second kappa shape index (κ2) is 8.20. The lowest BCUT2D eigenvalue weighted by Crippen LogP contribution is -2.42. The molecule has 1 fully saturated rings. The van der Waals surface area contributed by atoms with Crippen LogP contribution in [-0.2, 0) is 6.54 Å². The van der Waals surface area contributed by atoms with E-state index < -0.39 is 0 Å². The molecular weight excluding hydrogens is 266 g/mol. The number of benzene rings is 1. The van der Waals surface area contributed by atoms with Crippen LogP contribution in [0.3, 0.4) is 0 Å². The molecule has 1 saturated carbocycles. The summed E-state index contributed by atoms with van der Waals surface area (Å²) in [6, 6.07) is 11.0. The molecule has 4 heteroatoms. The molecule has 1 aromatic carbocycles. The number of guanidine groups is 1. The zero-order valence-electron chi connectivity index (χ0n) is 12.4. The minimum Gasteiger partial charge on any atom is -0.357 e. The van der Waals surface area contributed by atoms with Crippen molar-refractivity contribution in [2.75, 3.05) is 12.8 Å². The molecule has 2 atom stereocenters. The largest absolute Gasteiger partial charge is 0.357 e. The van der Waals surface area contributed by atoms with Crippen LogP contribution in [0.4, 0.5) is 0 Å². The smallest absolute Gasteiger partial charge is 0.191 e. The average molecular weight is 291 g/mol. The summed E-state index contributed by atoms with van der Waals surface area (Å²) in [5.41, 5.74) is 1.25. The van der Waals surface area contributed by atoms with Crippen LogP contribution in [0.5, 0.6) is 0 Å². The second-order valence-electron chi connectivity index (χ2n) is 5.19. The lowest BCUT2D eigenvalue weighted by atomic mass is 10.2. The van der Waals surface area contributed by atoms with E-state index in [2.05, 4.69) is 53.1 Å². The van der Waals surface area contributed by atoms with E-state index in [9.17, 15) is 0 Å². The van der Waals surface area contributed by atoms with Crippen LogP contribution < -0.4 is 10.6 Å². The van der Waals surface area contributed by atoms with Crippen molar-refractivity contribution in [3.05, 3.63) is 35.9 Å². The topological polar surface area (TPSA) is 36.4 Å². The van der Waals surface area contributed by atoms with Gasteiger partial charge in [0.15, 0.2) is 5.96 Å². The van der Waals surface area contributed by atoms with E-state index in [4.69, 9.17) is 0 Å². The van der Waals surface area contributed by atoms with Crippen molar-refractivity contribution in [1.82, 2.24) is 10.6 Å². The van der Waals surface area contributed by atoms with Gasteiger partial charge in [0.2, 0.25) is 0 Å². The third kappa shape index (κ3) is 4.75. The van der Waals surface area contributed by atoms with E-state index in [1.54, 1.807) is 0 Å². The van der Waals surface area contributed by atoms with Gasteiger partial charge in [-0.1, -0.05) is 30.3 Å². The molecule has 0 radical (unpaired) electrons. The Morgan fingerprint density at radius 1 is 1.30 bits per heavy atom. The van der Waals surface area contributed by atoms with Crippen molar-refractivity contribution in [2.24, 2.45) is 4.99 Å². The molecule has 0 bridgehead atoms. The van der Waals surface area contributed by atoms with Crippen molar-refractivity contribution in [2.45, 2.75) is 44.0 Å². The molecule has 110 valence electrons. The van der Waals surface area contributed by atoms with Crippen LogP contribution in [0, 0.1) is 0 Å². The summed E-state index contributed by atoms with van der Waals surface area (Å²) in [5, 5.41) is 7.73. The first kappa shape index (κ1) is 15.2. The molecule has 1 aliphatic rings. The molecule has 0 heterocycles. The van der Waals surface area contributed by atoms with Crippen molar-refractivity contribution in [1.29, 1.82) is 0 Å². The van der Waals surface area contributed by atoms with Crippen LogP contribution >= 0.6 is 11.8 Å². The first-order valence-electron chi connectivity index (χ1n) is 7.43. The molecule has 1 aliphatic carbocycles. The van der Waals surface area contributed by atoms with Gasteiger partial charge in [0, 0.05) is 17.8 Å². The van der Waals surface area contributed by atoms with Crippen LogP contribution in [-0.4, -0.2) is 30.1 Å². The van der Waals surface area contributed by atoms with E-state index in [1.807, 2.05) is 17.8 Å². The number of rotatable bonds is 5. The van der Waals surface area contributed by atoms with Gasteiger partial charge in [-0.05, 0) is 38.0 Å². The summed E-state index contributed by atoms with van der Waals surface area (Å²) >= 11 is 1.99. The summed E-state index contributed by atoms with van der Waals surface area (Å²) in [7, 11) is 0. The monoisotopic (exact) mass is 291 g/mol. The molecule has 0 aliphatic heterocycles. The van der Waals surface area contributed by atoms with Gasteiger partial charge in [-0.15, -0.1) is 0 Å². The Labute approximate surface area is 126 Å². The summed E-state index contributed by atoms with van der Waals surface area (Å²) in [5.74, 6) is 0.947. The fourth-order valence-electron chi connectivity index (χ4n) is 2.55. The highest BCUT2D eigenvalue weighted by Crippen LogP contribution is 2.27. The average Bonchev–Trinajstić information content (AvgIpc) is 2.94. The molecule has 0 amide bonds. The van der Waals surface area contributed by atoms with E-state index in [0.29, 0.717) is 6.04 Å². The molecule has 0 spiro atoms. The highest BCUT2D eigenvalue weighted by molar-refractivity contribution is 7.99. The maximum absolute atomic E-state index is 4.69. The molecule has 0 saturated heterocycles. The van der Waals surface area contributed by atoms with Crippen molar-refractivity contribution >= 4 is 17.7 Å². The highest BCUT2D eigenvalue weighted by atomic mass is 32.2. The Morgan fingerprint density at radius 3 is 2.75 bits per heavy atom. The van der Waals surface area contributed by atoms with Crippen LogP contribution in [0.15, 0.2) is 35.3 Å². The lowest BCUT2D eigenvalue weighted by Gasteiger charge is -2.17. The lowest BCUT2D eigenvalue weighted by molar-refractivity contribution is 0.615. The zero-order valence-corrected chi connectivity index (χ0v) is 13.2. The SMILES string of the molecule is CCNC(=NCc1ccccc1)NC1CCC(SC)C1. The van der Waals surface area contributed by atoms with Gasteiger partial charge in [-0.2, -0.15) is 11.8 Å². The number of aliphatic imine (C=N–C) groups is 1. The number of nitrogens with zero attached hydrogens (tertiary/aromatic N) is 1. The summed E-state index contributed by atoms with van der Waals surface area (Å²) in [4.78, 5) is 4.69. The van der Waals surface area contributed by atoms with Crippen LogP contribution in [0.1, 0.15) is 31.7 Å². The van der Waals surface area contributed by atoms with Crippen LogP contribution in [0.25, 0.3) is 0 Å². The molecule has 0 aromatic heterocycles. The highest BCUT2D eigenvalue weighted by Gasteiger charge is 2.24. The van der Waals surface area contributed by atoms with E-state index in [1.165, 1.54) is 24.8 Å². The van der Waals surface area contributed by atoms with Crippen molar-refractivity contribution in [3.8, 4) is 0 Å². The van der Waals surface area contributed by atoms with Crippen molar-refractivity contribution in [3.63, 3.8) is 0 Å². The standard InChI is InChI=1S/C16H25N3S/c1-3-17-16(18-12-13-7-5-4-6-8-13)19-14-9-10-15(11-14)20-2/h4-8,14-15H,3,9-12H2,1-2H3,(H2,17,18,19). The molecule has 2 unspecified atom stereocenters. The number of hydrogen-bond acceptors (Lipinski definition) is 2. The molecular formula is C16H25N3S. The predicted octanol–water partition coefficient (Wildman–Crippen LogP) is 3.03. The summed E-state index contributed by atoms with van der Waals surface area (Å²) < 4.78 is 0. The Bertz CT molecular complexity index is 419. The van der Waals surface area contributed by atoms with Gasteiger partial charge < -0.3 is 10.6 Å². The second-order valence-corrected chi connectivity index (χ2v) is 6.33. The fourth-order valence-corrected chi connectivity index (χ4v) is 3.35. The van der Waals surface area contributed by atoms with E-state index in [0.717, 1.165) is 24.3 Å². The van der Waals surface area contributed by atoms with Gasteiger partial charge >= 0.3 is 0 Å². The maximum atomic E-state index is 4.69. The molecule has 2 N–H and O–H groups in total. The first-order chi connectivity index (χ1) is 9.81. The quantitative estimate of drug-likeness (QED) is 0.647. The zero-order chi connectivity index (χ0) is 14.2. The molecule has 20 heavy (non-hydrogen) atoms. The third-order valence-electron chi connectivity index (χ3n) is 3.67. The van der Waals surface area contributed by atoms with Gasteiger partial charge in [-0.25, -0.2) is 4.99 Å². The van der Waals surface area contributed by atoms with Gasteiger partial charge in [-0.3, -0.25) is 0 Å². The number of thioether (sulfide) groups is 1. The van der Waals surface area contributed by atoms with Crippen molar-refractivity contribution < 1.29 is 0 Å².